The first-order chi connectivity index (χ1) is 11.7. The maximum Gasteiger partial charge on any atom is 0.261 e. The maximum atomic E-state index is 12.5. The van der Waals surface area contributed by atoms with Gasteiger partial charge < -0.3 is 5.32 Å². The smallest absolute Gasteiger partial charge is 0.261 e. The molecule has 0 saturated carbocycles. The highest BCUT2D eigenvalue weighted by atomic mass is 35.5. The third kappa shape index (κ3) is 5.21. The first-order valence-electron chi connectivity index (χ1n) is 7.86. The third-order valence-corrected chi connectivity index (χ3v) is 5.15. The van der Waals surface area contributed by atoms with Crippen LogP contribution in [0, 0.1) is 12.8 Å². The van der Waals surface area contributed by atoms with Crippen molar-refractivity contribution in [2.75, 3.05) is 11.3 Å². The molecule has 0 aliphatic rings. The molecule has 2 aromatic rings. The molecule has 0 spiro atoms. The molecule has 25 heavy (non-hydrogen) atoms. The monoisotopic (exact) mass is 380 g/mol. The van der Waals surface area contributed by atoms with Crippen LogP contribution in [0.15, 0.2) is 47.4 Å². The molecule has 2 rings (SSSR count). The van der Waals surface area contributed by atoms with E-state index in [0.29, 0.717) is 28.7 Å². The van der Waals surface area contributed by atoms with E-state index in [1.54, 1.807) is 25.1 Å². The minimum Gasteiger partial charge on any atom is -0.352 e. The normalized spacial score (nSPS) is 11.4. The van der Waals surface area contributed by atoms with Crippen LogP contribution in [-0.4, -0.2) is 20.9 Å². The lowest BCUT2D eigenvalue weighted by Gasteiger charge is -2.12. The van der Waals surface area contributed by atoms with Crippen molar-refractivity contribution in [3.8, 4) is 0 Å². The van der Waals surface area contributed by atoms with Gasteiger partial charge in [0.1, 0.15) is 0 Å². The number of nitrogens with one attached hydrogen (secondary N) is 2. The fraction of sp³-hybridized carbons (Fsp3) is 0.278. The van der Waals surface area contributed by atoms with Crippen LogP contribution in [0.1, 0.15) is 29.8 Å². The van der Waals surface area contributed by atoms with Gasteiger partial charge in [0, 0.05) is 17.1 Å². The fourth-order valence-corrected chi connectivity index (χ4v) is 3.49. The van der Waals surface area contributed by atoms with Gasteiger partial charge in [-0.2, -0.15) is 0 Å². The van der Waals surface area contributed by atoms with Crippen molar-refractivity contribution in [1.29, 1.82) is 0 Å². The Morgan fingerprint density at radius 1 is 1.12 bits per heavy atom. The molecule has 0 aliphatic heterocycles. The molecule has 0 fully saturated rings. The Morgan fingerprint density at radius 2 is 1.76 bits per heavy atom. The number of anilines is 1. The Balaban J connectivity index is 2.16. The molecule has 134 valence electrons. The Bertz CT molecular complexity index is 862. The number of amides is 1. The molecule has 0 atom stereocenters. The summed E-state index contributed by atoms with van der Waals surface area (Å²) in [5, 5.41) is 3.33. The van der Waals surface area contributed by atoms with Crippen molar-refractivity contribution in [3.63, 3.8) is 0 Å². The van der Waals surface area contributed by atoms with Gasteiger partial charge in [-0.15, -0.1) is 0 Å². The Hall–Kier alpha value is -2.05. The maximum absolute atomic E-state index is 12.5. The summed E-state index contributed by atoms with van der Waals surface area (Å²) in [6, 6.07) is 10.7. The van der Waals surface area contributed by atoms with E-state index in [1.165, 1.54) is 24.3 Å². The van der Waals surface area contributed by atoms with E-state index < -0.39 is 10.0 Å². The number of carbonyl (C=O) groups is 1. The molecule has 0 aromatic heterocycles. The molecule has 7 heteroatoms. The molecule has 0 bridgehead atoms. The summed E-state index contributed by atoms with van der Waals surface area (Å²) in [5.74, 6) is 0.120. The van der Waals surface area contributed by atoms with Gasteiger partial charge in [0.25, 0.3) is 15.9 Å². The molecule has 0 saturated heterocycles. The van der Waals surface area contributed by atoms with Crippen molar-refractivity contribution in [2.24, 2.45) is 5.92 Å². The summed E-state index contributed by atoms with van der Waals surface area (Å²) >= 11 is 5.88. The van der Waals surface area contributed by atoms with Crippen LogP contribution in [0.4, 0.5) is 5.69 Å². The van der Waals surface area contributed by atoms with Gasteiger partial charge in [-0.05, 0) is 60.9 Å². The van der Waals surface area contributed by atoms with E-state index in [4.69, 9.17) is 11.6 Å². The summed E-state index contributed by atoms with van der Waals surface area (Å²) in [5.41, 5.74) is 1.60. The van der Waals surface area contributed by atoms with Crippen molar-refractivity contribution >= 4 is 33.2 Å². The summed E-state index contributed by atoms with van der Waals surface area (Å²) < 4.78 is 27.5. The molecule has 0 radical (unpaired) electrons. The van der Waals surface area contributed by atoms with Gasteiger partial charge in [-0.3, -0.25) is 9.52 Å². The largest absolute Gasteiger partial charge is 0.352 e. The van der Waals surface area contributed by atoms with Gasteiger partial charge in [0.2, 0.25) is 0 Å². The molecular formula is C18H21ClN2O3S. The number of aryl methyl sites for hydroxylation is 1. The zero-order valence-corrected chi connectivity index (χ0v) is 15.9. The Labute approximate surface area is 153 Å². The van der Waals surface area contributed by atoms with Crippen molar-refractivity contribution in [2.45, 2.75) is 25.7 Å². The van der Waals surface area contributed by atoms with Crippen molar-refractivity contribution in [3.05, 3.63) is 58.6 Å². The van der Waals surface area contributed by atoms with E-state index in [9.17, 15) is 13.2 Å². The average molecular weight is 381 g/mol. The predicted octanol–water partition coefficient (Wildman–Crippen LogP) is 3.84. The summed E-state index contributed by atoms with van der Waals surface area (Å²) in [6.07, 6.45) is 0. The van der Waals surface area contributed by atoms with Gasteiger partial charge in [-0.25, -0.2) is 8.42 Å². The highest BCUT2D eigenvalue weighted by Crippen LogP contribution is 2.23. The van der Waals surface area contributed by atoms with Crippen LogP contribution in [0.25, 0.3) is 0 Å². The lowest BCUT2D eigenvalue weighted by molar-refractivity contribution is 0.0949. The summed E-state index contributed by atoms with van der Waals surface area (Å²) in [7, 11) is -3.74. The first-order valence-corrected chi connectivity index (χ1v) is 9.72. The molecule has 5 nitrogen and oxygen atoms in total. The number of benzene rings is 2. The van der Waals surface area contributed by atoms with Gasteiger partial charge in [0.05, 0.1) is 10.6 Å². The number of hydrogen-bond acceptors (Lipinski definition) is 3. The van der Waals surface area contributed by atoms with Crippen LogP contribution < -0.4 is 10.0 Å². The van der Waals surface area contributed by atoms with E-state index in [-0.39, 0.29) is 10.8 Å². The van der Waals surface area contributed by atoms with E-state index in [1.807, 2.05) is 13.8 Å². The topological polar surface area (TPSA) is 75.3 Å². The lowest BCUT2D eigenvalue weighted by Crippen LogP contribution is -2.27. The number of sulfonamides is 1. The fourth-order valence-electron chi connectivity index (χ4n) is 2.13. The second-order valence-corrected chi connectivity index (χ2v) is 8.31. The molecule has 0 heterocycles. The molecule has 2 aromatic carbocycles. The zero-order chi connectivity index (χ0) is 18.6. The molecular weight excluding hydrogens is 360 g/mol. The van der Waals surface area contributed by atoms with Gasteiger partial charge in [0.15, 0.2) is 0 Å². The van der Waals surface area contributed by atoms with Crippen molar-refractivity contribution in [1.82, 2.24) is 5.32 Å². The molecule has 0 unspecified atom stereocenters. The molecule has 1 amide bonds. The first kappa shape index (κ1) is 19.3. The third-order valence-electron chi connectivity index (χ3n) is 3.53. The Kier molecular flexibility index (Phi) is 6.08. The average Bonchev–Trinajstić information content (AvgIpc) is 2.55. The number of carbonyl (C=O) groups excluding carboxylic acids is 1. The van der Waals surface area contributed by atoms with E-state index in [2.05, 4.69) is 10.0 Å². The van der Waals surface area contributed by atoms with Crippen LogP contribution in [-0.2, 0) is 10.0 Å². The zero-order valence-electron chi connectivity index (χ0n) is 14.3. The quantitative estimate of drug-likeness (QED) is 0.799. The molecule has 0 aliphatic carbocycles. The number of halogens is 1. The van der Waals surface area contributed by atoms with Crippen LogP contribution >= 0.6 is 11.6 Å². The van der Waals surface area contributed by atoms with Gasteiger partial charge in [-0.1, -0.05) is 25.4 Å². The number of hydrogen-bond donors (Lipinski definition) is 2. The van der Waals surface area contributed by atoms with E-state index in [0.717, 1.165) is 5.56 Å². The van der Waals surface area contributed by atoms with Crippen LogP contribution in [0.2, 0.25) is 5.02 Å². The van der Waals surface area contributed by atoms with Crippen LogP contribution in [0.3, 0.4) is 0 Å². The summed E-state index contributed by atoms with van der Waals surface area (Å²) in [4.78, 5) is 12.1. The highest BCUT2D eigenvalue weighted by molar-refractivity contribution is 7.92. The van der Waals surface area contributed by atoms with Crippen LogP contribution in [0.5, 0.6) is 0 Å². The second-order valence-electron chi connectivity index (χ2n) is 6.19. The molecule has 2 N–H and O–H groups in total. The standard InChI is InChI=1S/C18H21ClN2O3S/c1-12(2)11-20-18(22)14-4-7-16(8-5-14)25(23,24)21-17-9-6-15(19)10-13(17)3/h4-10,12,21H,11H2,1-3H3,(H,20,22). The Morgan fingerprint density at radius 3 is 2.32 bits per heavy atom. The second kappa shape index (κ2) is 7.89. The predicted molar refractivity (Wildman–Crippen MR) is 101 cm³/mol. The highest BCUT2D eigenvalue weighted by Gasteiger charge is 2.16. The summed E-state index contributed by atoms with van der Waals surface area (Å²) in [6.45, 7) is 6.34. The van der Waals surface area contributed by atoms with E-state index >= 15 is 0 Å². The van der Waals surface area contributed by atoms with Gasteiger partial charge >= 0.3 is 0 Å². The SMILES string of the molecule is Cc1cc(Cl)ccc1NS(=O)(=O)c1ccc(C(=O)NCC(C)C)cc1. The lowest BCUT2D eigenvalue weighted by atomic mass is 10.2. The number of rotatable bonds is 6. The minimum atomic E-state index is -3.74. The van der Waals surface area contributed by atoms with Crippen molar-refractivity contribution < 1.29 is 13.2 Å². The minimum absolute atomic E-state index is 0.0854.